The van der Waals surface area contributed by atoms with E-state index in [1.54, 1.807) is 17.7 Å². The fraction of sp³-hybridized carbons (Fsp3) is 0.143. The Morgan fingerprint density at radius 1 is 1.17 bits per heavy atom. The van der Waals surface area contributed by atoms with E-state index in [4.69, 9.17) is 4.74 Å². The van der Waals surface area contributed by atoms with Gasteiger partial charge in [0.15, 0.2) is 4.96 Å². The summed E-state index contributed by atoms with van der Waals surface area (Å²) >= 11 is 1.43. The summed E-state index contributed by atoms with van der Waals surface area (Å²) in [4.78, 5) is 18.3. The highest BCUT2D eigenvalue weighted by atomic mass is 32.1. The van der Waals surface area contributed by atoms with Crippen molar-refractivity contribution in [3.8, 4) is 16.2 Å². The average molecular weight is 431 g/mol. The number of ether oxygens (including phenoxy) is 1. The minimum absolute atomic E-state index is 0.0228. The van der Waals surface area contributed by atoms with E-state index < -0.39 is 17.6 Å². The zero-order valence-electron chi connectivity index (χ0n) is 15.7. The number of aromatic nitrogens is 2. The summed E-state index contributed by atoms with van der Waals surface area (Å²) < 4.78 is 45.3. The summed E-state index contributed by atoms with van der Waals surface area (Å²) in [6.07, 6.45) is -0.950. The van der Waals surface area contributed by atoms with E-state index in [1.807, 2.05) is 30.5 Å². The van der Waals surface area contributed by atoms with Gasteiger partial charge in [-0.05, 0) is 47.5 Å². The van der Waals surface area contributed by atoms with E-state index >= 15 is 0 Å². The maximum absolute atomic E-state index is 12.8. The van der Waals surface area contributed by atoms with Crippen molar-refractivity contribution in [1.29, 1.82) is 0 Å². The molecule has 0 saturated heterocycles. The number of methoxy groups -OCH3 is 1. The number of hydrogen-bond donors (Lipinski definition) is 1. The highest BCUT2D eigenvalue weighted by Crippen LogP contribution is 2.30. The third-order valence-corrected chi connectivity index (χ3v) is 5.52. The van der Waals surface area contributed by atoms with Crippen LogP contribution in [0.15, 0.2) is 60.9 Å². The molecule has 0 saturated carbocycles. The molecule has 2 aromatic heterocycles. The zero-order chi connectivity index (χ0) is 21.3. The third kappa shape index (κ3) is 4.16. The van der Waals surface area contributed by atoms with Crippen LogP contribution in [-0.2, 0) is 12.7 Å². The topological polar surface area (TPSA) is 55.6 Å². The molecule has 0 aliphatic rings. The minimum Gasteiger partial charge on any atom is -0.497 e. The van der Waals surface area contributed by atoms with Gasteiger partial charge in [0, 0.05) is 18.9 Å². The Bertz CT molecular complexity index is 1160. The van der Waals surface area contributed by atoms with Crippen LogP contribution in [0.4, 0.5) is 13.2 Å². The van der Waals surface area contributed by atoms with Crippen molar-refractivity contribution in [3.63, 3.8) is 0 Å². The van der Waals surface area contributed by atoms with Crippen molar-refractivity contribution in [2.45, 2.75) is 12.7 Å². The maximum atomic E-state index is 12.8. The first-order valence-electron chi connectivity index (χ1n) is 8.91. The molecular weight excluding hydrogens is 415 g/mol. The van der Waals surface area contributed by atoms with Crippen LogP contribution in [0.3, 0.4) is 0 Å². The molecule has 1 N–H and O–H groups in total. The molecule has 2 heterocycles. The standard InChI is InChI=1S/C21H16F3N3O2S/c1-29-16-7-5-14(6-8-16)18-12-27-11-17(26-20(27)30-18)19(28)25-10-13-3-2-4-15(9-13)21(22,23)24/h2-9,11-12H,10H2,1H3,(H,25,28). The van der Waals surface area contributed by atoms with Crippen LogP contribution in [0, 0.1) is 0 Å². The number of carbonyl (C=O) groups is 1. The van der Waals surface area contributed by atoms with Crippen LogP contribution in [0.5, 0.6) is 5.75 Å². The molecule has 30 heavy (non-hydrogen) atoms. The fourth-order valence-corrected chi connectivity index (χ4v) is 3.90. The predicted molar refractivity (Wildman–Crippen MR) is 108 cm³/mol. The summed E-state index contributed by atoms with van der Waals surface area (Å²) in [5.74, 6) is 0.314. The van der Waals surface area contributed by atoms with E-state index in [-0.39, 0.29) is 12.2 Å². The number of nitrogens with zero attached hydrogens (tertiary/aromatic N) is 2. The van der Waals surface area contributed by atoms with E-state index in [1.165, 1.54) is 23.5 Å². The molecule has 0 spiro atoms. The SMILES string of the molecule is COc1ccc(-c2cn3cc(C(=O)NCc4cccc(C(F)(F)F)c4)nc3s2)cc1. The molecule has 4 aromatic rings. The highest BCUT2D eigenvalue weighted by molar-refractivity contribution is 7.20. The molecular formula is C21H16F3N3O2S. The first-order valence-corrected chi connectivity index (χ1v) is 9.72. The van der Waals surface area contributed by atoms with E-state index in [0.717, 1.165) is 28.3 Å². The van der Waals surface area contributed by atoms with Gasteiger partial charge in [0.2, 0.25) is 0 Å². The average Bonchev–Trinajstić information content (AvgIpc) is 3.31. The molecule has 154 valence electrons. The van der Waals surface area contributed by atoms with Gasteiger partial charge in [0.1, 0.15) is 11.4 Å². The molecule has 0 unspecified atom stereocenters. The van der Waals surface area contributed by atoms with Gasteiger partial charge in [-0.1, -0.05) is 23.5 Å². The number of thiazole rings is 1. The first kappa shape index (κ1) is 20.0. The van der Waals surface area contributed by atoms with Crippen LogP contribution in [0.2, 0.25) is 0 Å². The summed E-state index contributed by atoms with van der Waals surface area (Å²) in [5, 5.41) is 2.61. The Kier molecular flexibility index (Phi) is 5.21. The van der Waals surface area contributed by atoms with Crippen LogP contribution in [0.1, 0.15) is 21.6 Å². The van der Waals surface area contributed by atoms with E-state index in [9.17, 15) is 18.0 Å². The molecule has 0 radical (unpaired) electrons. The van der Waals surface area contributed by atoms with Crippen molar-refractivity contribution in [1.82, 2.24) is 14.7 Å². The zero-order valence-corrected chi connectivity index (χ0v) is 16.6. The molecule has 1 amide bonds. The highest BCUT2D eigenvalue weighted by Gasteiger charge is 2.30. The molecule has 0 bridgehead atoms. The van der Waals surface area contributed by atoms with Gasteiger partial charge in [-0.15, -0.1) is 0 Å². The van der Waals surface area contributed by atoms with Gasteiger partial charge in [0.05, 0.1) is 17.6 Å². The quantitative estimate of drug-likeness (QED) is 0.483. The Labute approximate surface area is 173 Å². The molecule has 5 nitrogen and oxygen atoms in total. The monoisotopic (exact) mass is 431 g/mol. The lowest BCUT2D eigenvalue weighted by Crippen LogP contribution is -2.23. The summed E-state index contributed by atoms with van der Waals surface area (Å²) in [5.41, 5.74) is 0.820. The Morgan fingerprint density at radius 3 is 2.60 bits per heavy atom. The lowest BCUT2D eigenvalue weighted by molar-refractivity contribution is -0.137. The lowest BCUT2D eigenvalue weighted by atomic mass is 10.1. The molecule has 9 heteroatoms. The molecule has 0 atom stereocenters. The number of fused-ring (bicyclic) bond motifs is 1. The van der Waals surface area contributed by atoms with Crippen LogP contribution in [0.25, 0.3) is 15.4 Å². The smallest absolute Gasteiger partial charge is 0.416 e. The van der Waals surface area contributed by atoms with E-state index in [2.05, 4.69) is 10.3 Å². The third-order valence-electron chi connectivity index (χ3n) is 4.47. The van der Waals surface area contributed by atoms with Gasteiger partial charge in [-0.25, -0.2) is 4.98 Å². The Morgan fingerprint density at radius 2 is 1.93 bits per heavy atom. The minimum atomic E-state index is -4.42. The van der Waals surface area contributed by atoms with Gasteiger partial charge >= 0.3 is 6.18 Å². The molecule has 4 rings (SSSR count). The Balaban J connectivity index is 1.46. The second kappa shape index (κ2) is 7.83. The predicted octanol–water partition coefficient (Wildman–Crippen LogP) is 5.02. The largest absolute Gasteiger partial charge is 0.497 e. The first-order chi connectivity index (χ1) is 14.3. The number of amides is 1. The number of hydrogen-bond acceptors (Lipinski definition) is 4. The fourth-order valence-electron chi connectivity index (χ4n) is 2.92. The number of imidazole rings is 1. The van der Waals surface area contributed by atoms with Crippen LogP contribution >= 0.6 is 11.3 Å². The summed E-state index contributed by atoms with van der Waals surface area (Å²) in [7, 11) is 1.60. The van der Waals surface area contributed by atoms with Crippen molar-refractivity contribution >= 4 is 22.2 Å². The van der Waals surface area contributed by atoms with Crippen LogP contribution < -0.4 is 10.1 Å². The van der Waals surface area contributed by atoms with Gasteiger partial charge in [-0.2, -0.15) is 13.2 Å². The number of benzene rings is 2. The second-order valence-electron chi connectivity index (χ2n) is 6.52. The Hall–Kier alpha value is -3.33. The lowest BCUT2D eigenvalue weighted by Gasteiger charge is -2.09. The second-order valence-corrected chi connectivity index (χ2v) is 7.53. The van der Waals surface area contributed by atoms with Crippen molar-refractivity contribution in [2.75, 3.05) is 7.11 Å². The van der Waals surface area contributed by atoms with Crippen molar-refractivity contribution < 1.29 is 22.7 Å². The normalized spacial score (nSPS) is 11.6. The maximum Gasteiger partial charge on any atom is 0.416 e. The van der Waals surface area contributed by atoms with Crippen LogP contribution in [-0.4, -0.2) is 22.4 Å². The summed E-state index contributed by atoms with van der Waals surface area (Å²) in [6, 6.07) is 12.5. The number of halogens is 3. The molecule has 2 aromatic carbocycles. The van der Waals surface area contributed by atoms with Gasteiger partial charge in [-0.3, -0.25) is 9.20 Å². The number of carbonyl (C=O) groups excluding carboxylic acids is 1. The molecule has 0 aliphatic heterocycles. The van der Waals surface area contributed by atoms with Crippen molar-refractivity contribution in [3.05, 3.63) is 77.7 Å². The number of alkyl halides is 3. The van der Waals surface area contributed by atoms with Gasteiger partial charge < -0.3 is 10.1 Å². The number of rotatable bonds is 5. The van der Waals surface area contributed by atoms with Gasteiger partial charge in [0.25, 0.3) is 5.91 Å². The molecule has 0 aliphatic carbocycles. The van der Waals surface area contributed by atoms with E-state index in [0.29, 0.717) is 10.5 Å². The van der Waals surface area contributed by atoms with Crippen molar-refractivity contribution in [2.24, 2.45) is 0 Å². The number of nitrogens with one attached hydrogen (secondary N) is 1. The summed E-state index contributed by atoms with van der Waals surface area (Å²) in [6.45, 7) is -0.0228. The molecule has 0 fully saturated rings.